The molecule has 3 rings (SSSR count). The Morgan fingerprint density at radius 1 is 0.926 bits per heavy atom. The molecule has 3 nitrogen and oxygen atoms in total. The largest absolute Gasteiger partial charge is 0.323 e. The number of nitrogens with one attached hydrogen (secondary N) is 1. The lowest BCUT2D eigenvalue weighted by atomic mass is 10.0. The van der Waals surface area contributed by atoms with Crippen LogP contribution in [-0.2, 0) is 6.42 Å². The minimum absolute atomic E-state index is 0.265. The lowest BCUT2D eigenvalue weighted by Crippen LogP contribution is -2.96. The number of alkyl halides is 3. The van der Waals surface area contributed by atoms with E-state index in [2.05, 4.69) is 5.32 Å². The van der Waals surface area contributed by atoms with Crippen LogP contribution in [0.15, 0.2) is 72.8 Å². The Labute approximate surface area is 173 Å². The van der Waals surface area contributed by atoms with Gasteiger partial charge >= 0.3 is 0 Å². The minimum atomic E-state index is -1.63. The number of hydrogen-bond donors (Lipinski definition) is 2. The van der Waals surface area contributed by atoms with Gasteiger partial charge in [0.2, 0.25) is 6.17 Å². The van der Waals surface area contributed by atoms with E-state index in [1.54, 1.807) is 6.07 Å². The monoisotopic (exact) mass is 421 g/mol. The van der Waals surface area contributed by atoms with Crippen molar-refractivity contribution < 1.29 is 10.1 Å². The molecule has 0 bridgehead atoms. The quantitative estimate of drug-likeness (QED) is 0.456. The van der Waals surface area contributed by atoms with Gasteiger partial charge in [0.1, 0.15) is 0 Å². The Kier molecular flexibility index (Phi) is 6.61. The number of hydrogen-bond acceptors (Lipinski definition) is 1. The molecule has 1 atom stereocenters. The fourth-order valence-corrected chi connectivity index (χ4v) is 3.41. The van der Waals surface area contributed by atoms with Crippen molar-refractivity contribution in [3.05, 3.63) is 83.9 Å². The van der Waals surface area contributed by atoms with Crippen LogP contribution in [0.5, 0.6) is 0 Å². The Balaban J connectivity index is 1.71. The van der Waals surface area contributed by atoms with E-state index in [1.165, 1.54) is 5.56 Å². The molecule has 3 aromatic carbocycles. The van der Waals surface area contributed by atoms with Crippen LogP contribution in [0, 0.1) is 0 Å². The molecule has 6 heteroatoms. The van der Waals surface area contributed by atoms with E-state index in [1.807, 2.05) is 72.0 Å². The van der Waals surface area contributed by atoms with Crippen LogP contribution in [0.1, 0.15) is 15.9 Å². The van der Waals surface area contributed by atoms with Crippen LogP contribution in [0.4, 0.5) is 0 Å². The molecule has 0 radical (unpaired) electrons. The number of carbonyl (C=O) groups is 1. The molecule has 1 amide bonds. The summed E-state index contributed by atoms with van der Waals surface area (Å²) in [6, 6.07) is 23.3. The first-order valence-electron chi connectivity index (χ1n) is 8.68. The molecule has 0 aliphatic heterocycles. The molecular weight excluding hydrogens is 403 g/mol. The van der Waals surface area contributed by atoms with Gasteiger partial charge in [0.15, 0.2) is 0 Å². The van der Waals surface area contributed by atoms with Gasteiger partial charge in [-0.3, -0.25) is 10.1 Å². The highest BCUT2D eigenvalue weighted by atomic mass is 35.6. The number of rotatable bonds is 6. The van der Waals surface area contributed by atoms with Gasteiger partial charge in [0.05, 0.1) is 6.54 Å². The van der Waals surface area contributed by atoms with Crippen molar-refractivity contribution in [1.29, 1.82) is 0 Å². The van der Waals surface area contributed by atoms with E-state index in [-0.39, 0.29) is 5.91 Å². The molecule has 27 heavy (non-hydrogen) atoms. The van der Waals surface area contributed by atoms with E-state index in [0.717, 1.165) is 17.2 Å². The van der Waals surface area contributed by atoms with E-state index in [9.17, 15) is 4.79 Å². The maximum Gasteiger partial charge on any atom is 0.262 e. The number of amides is 1. The first-order valence-corrected chi connectivity index (χ1v) is 9.81. The lowest BCUT2D eigenvalue weighted by Gasteiger charge is -2.23. The molecule has 140 valence electrons. The number of nitrogens with two attached hydrogens (primary N) is 1. The summed E-state index contributed by atoms with van der Waals surface area (Å²) in [5.41, 5.74) is 1.75. The van der Waals surface area contributed by atoms with Crippen molar-refractivity contribution in [2.75, 3.05) is 6.54 Å². The molecule has 0 heterocycles. The van der Waals surface area contributed by atoms with Gasteiger partial charge in [-0.1, -0.05) is 102 Å². The molecule has 0 saturated heterocycles. The van der Waals surface area contributed by atoms with Crippen molar-refractivity contribution in [1.82, 2.24) is 5.32 Å². The summed E-state index contributed by atoms with van der Waals surface area (Å²) in [5.74, 6) is -0.265. The van der Waals surface area contributed by atoms with Crippen LogP contribution in [-0.4, -0.2) is 22.4 Å². The molecule has 0 aliphatic carbocycles. The smallest absolute Gasteiger partial charge is 0.262 e. The van der Waals surface area contributed by atoms with E-state index in [0.29, 0.717) is 12.1 Å². The first kappa shape index (κ1) is 20.0. The highest BCUT2D eigenvalue weighted by Crippen LogP contribution is 2.28. The Bertz CT molecular complexity index is 905. The molecule has 0 fully saturated rings. The molecule has 0 aliphatic rings. The van der Waals surface area contributed by atoms with Gasteiger partial charge in [-0.05, 0) is 22.4 Å². The zero-order chi connectivity index (χ0) is 19.3. The van der Waals surface area contributed by atoms with Crippen molar-refractivity contribution >= 4 is 51.5 Å². The van der Waals surface area contributed by atoms with Gasteiger partial charge in [0, 0.05) is 12.0 Å². The Morgan fingerprint density at radius 3 is 2.33 bits per heavy atom. The van der Waals surface area contributed by atoms with Crippen molar-refractivity contribution in [3.63, 3.8) is 0 Å². The van der Waals surface area contributed by atoms with Crippen LogP contribution in [0.2, 0.25) is 0 Å². The van der Waals surface area contributed by atoms with Gasteiger partial charge in [-0.25, -0.2) is 0 Å². The number of carbonyl (C=O) groups excluding carboxylic acids is 1. The fraction of sp³-hybridized carbons (Fsp3) is 0.190. The van der Waals surface area contributed by atoms with Crippen LogP contribution >= 0.6 is 34.8 Å². The second kappa shape index (κ2) is 8.94. The molecule has 0 spiro atoms. The predicted octanol–water partition coefficient (Wildman–Crippen LogP) is 4.07. The number of benzene rings is 3. The maximum absolute atomic E-state index is 12.8. The van der Waals surface area contributed by atoms with E-state index >= 15 is 0 Å². The lowest BCUT2D eigenvalue weighted by molar-refractivity contribution is -0.691. The topological polar surface area (TPSA) is 45.7 Å². The van der Waals surface area contributed by atoms with Crippen LogP contribution in [0.25, 0.3) is 10.8 Å². The van der Waals surface area contributed by atoms with E-state index < -0.39 is 9.96 Å². The number of quaternary nitrogens is 1. The van der Waals surface area contributed by atoms with Crippen LogP contribution in [0.3, 0.4) is 0 Å². The fourth-order valence-electron chi connectivity index (χ4n) is 2.98. The third-order valence-electron chi connectivity index (χ3n) is 4.35. The second-order valence-electron chi connectivity index (χ2n) is 6.28. The van der Waals surface area contributed by atoms with Gasteiger partial charge in [-0.2, -0.15) is 0 Å². The molecule has 0 aromatic heterocycles. The summed E-state index contributed by atoms with van der Waals surface area (Å²) in [6.45, 7) is 0.679. The number of halogens is 3. The van der Waals surface area contributed by atoms with Gasteiger partial charge in [0.25, 0.3) is 9.70 Å². The highest BCUT2D eigenvalue weighted by Gasteiger charge is 2.37. The third kappa shape index (κ3) is 5.36. The summed E-state index contributed by atoms with van der Waals surface area (Å²) in [6.07, 6.45) is 0.111. The minimum Gasteiger partial charge on any atom is -0.323 e. The zero-order valence-electron chi connectivity index (χ0n) is 14.5. The standard InChI is InChI=1S/C21H19Cl3N2O/c22-21(23,24)20(25-14-13-15-7-2-1-3-8-15)26-19(27)18-12-6-10-16-9-4-5-11-17(16)18/h1-12,20,25H,13-14H2,(H,26,27)/p+1. The first-order chi connectivity index (χ1) is 12.9. The molecule has 3 N–H and O–H groups in total. The summed E-state index contributed by atoms with van der Waals surface area (Å²) in [4.78, 5) is 12.8. The average molecular weight is 423 g/mol. The van der Waals surface area contributed by atoms with Crippen molar-refractivity contribution in [3.8, 4) is 0 Å². The molecular formula is C21H20Cl3N2O+. The SMILES string of the molecule is O=C(NC([NH2+]CCc1ccccc1)C(Cl)(Cl)Cl)c1cccc2ccccc12. The zero-order valence-corrected chi connectivity index (χ0v) is 16.8. The summed E-state index contributed by atoms with van der Waals surface area (Å²) >= 11 is 18.3. The van der Waals surface area contributed by atoms with Gasteiger partial charge < -0.3 is 5.32 Å². The van der Waals surface area contributed by atoms with Crippen molar-refractivity contribution in [2.24, 2.45) is 0 Å². The van der Waals surface area contributed by atoms with Crippen molar-refractivity contribution in [2.45, 2.75) is 16.4 Å². The second-order valence-corrected chi connectivity index (χ2v) is 8.65. The maximum atomic E-state index is 12.8. The van der Waals surface area contributed by atoms with Gasteiger partial charge in [-0.15, -0.1) is 0 Å². The summed E-state index contributed by atoms with van der Waals surface area (Å²) < 4.78 is -1.63. The average Bonchev–Trinajstić information content (AvgIpc) is 2.66. The summed E-state index contributed by atoms with van der Waals surface area (Å²) in [5, 5.41) is 6.57. The normalized spacial score (nSPS) is 12.7. The molecule has 1 unspecified atom stereocenters. The Hall–Kier alpha value is -1.78. The molecule has 0 saturated carbocycles. The van der Waals surface area contributed by atoms with E-state index in [4.69, 9.17) is 34.8 Å². The highest BCUT2D eigenvalue weighted by molar-refractivity contribution is 6.68. The predicted molar refractivity (Wildman–Crippen MR) is 112 cm³/mol. The molecule has 3 aromatic rings. The third-order valence-corrected chi connectivity index (χ3v) is 5.06. The van der Waals surface area contributed by atoms with Crippen LogP contribution < -0.4 is 10.6 Å². The number of fused-ring (bicyclic) bond motifs is 1. The Morgan fingerprint density at radius 2 is 1.59 bits per heavy atom. The summed E-state index contributed by atoms with van der Waals surface area (Å²) in [7, 11) is 0.